The van der Waals surface area contributed by atoms with Gasteiger partial charge in [0.25, 0.3) is 0 Å². The summed E-state index contributed by atoms with van der Waals surface area (Å²) in [7, 11) is 4.17. The van der Waals surface area contributed by atoms with E-state index < -0.39 is 0 Å². The molecule has 1 saturated heterocycles. The predicted molar refractivity (Wildman–Crippen MR) is 75.6 cm³/mol. The van der Waals surface area contributed by atoms with E-state index in [1.54, 1.807) is 0 Å². The van der Waals surface area contributed by atoms with Crippen molar-refractivity contribution in [2.75, 3.05) is 46.8 Å². The van der Waals surface area contributed by atoms with Crippen molar-refractivity contribution in [2.45, 2.75) is 33.1 Å². The molecule has 18 heavy (non-hydrogen) atoms. The molecule has 4 nitrogen and oxygen atoms in total. The molecule has 0 spiro atoms. The van der Waals surface area contributed by atoms with Crippen LogP contribution in [0.3, 0.4) is 0 Å². The Morgan fingerprint density at radius 3 is 2.39 bits per heavy atom. The Kier molecular flexibility index (Phi) is 6.09. The van der Waals surface area contributed by atoms with Gasteiger partial charge in [-0.3, -0.25) is 4.79 Å². The zero-order valence-corrected chi connectivity index (χ0v) is 12.5. The normalized spacial score (nSPS) is 17.3. The Morgan fingerprint density at radius 1 is 1.22 bits per heavy atom. The third-order valence-electron chi connectivity index (χ3n) is 3.33. The van der Waals surface area contributed by atoms with Crippen LogP contribution in [-0.2, 0) is 4.79 Å². The largest absolute Gasteiger partial charge is 0.342 e. The topological polar surface area (TPSA) is 35.6 Å². The molecule has 1 fully saturated rings. The van der Waals surface area contributed by atoms with E-state index in [4.69, 9.17) is 0 Å². The molecule has 106 valence electrons. The van der Waals surface area contributed by atoms with E-state index in [0.29, 0.717) is 6.54 Å². The number of rotatable bonds is 6. The number of carbonyl (C=O) groups excluding carboxylic acids is 1. The van der Waals surface area contributed by atoms with Crippen LogP contribution in [0.1, 0.15) is 33.1 Å². The van der Waals surface area contributed by atoms with Gasteiger partial charge < -0.3 is 15.1 Å². The van der Waals surface area contributed by atoms with Gasteiger partial charge in [-0.1, -0.05) is 13.8 Å². The summed E-state index contributed by atoms with van der Waals surface area (Å²) >= 11 is 0. The van der Waals surface area contributed by atoms with Gasteiger partial charge in [-0.05, 0) is 38.8 Å². The van der Waals surface area contributed by atoms with E-state index >= 15 is 0 Å². The number of hydrogen-bond acceptors (Lipinski definition) is 3. The molecule has 0 aromatic carbocycles. The van der Waals surface area contributed by atoms with E-state index in [1.807, 2.05) is 4.90 Å². The van der Waals surface area contributed by atoms with Crippen LogP contribution in [0, 0.1) is 5.41 Å². The number of amides is 1. The summed E-state index contributed by atoms with van der Waals surface area (Å²) in [6.07, 6.45) is 3.60. The summed E-state index contributed by atoms with van der Waals surface area (Å²) in [4.78, 5) is 16.1. The van der Waals surface area contributed by atoms with Crippen LogP contribution >= 0.6 is 0 Å². The van der Waals surface area contributed by atoms with Crippen LogP contribution in [0.15, 0.2) is 0 Å². The first-order valence-corrected chi connectivity index (χ1v) is 7.04. The van der Waals surface area contributed by atoms with E-state index in [2.05, 4.69) is 38.2 Å². The van der Waals surface area contributed by atoms with Gasteiger partial charge in [0, 0.05) is 26.2 Å². The molecule has 1 aliphatic heterocycles. The van der Waals surface area contributed by atoms with Crippen LogP contribution in [0.4, 0.5) is 0 Å². The van der Waals surface area contributed by atoms with Crippen LogP contribution in [0.5, 0.6) is 0 Å². The fourth-order valence-electron chi connectivity index (χ4n) is 2.67. The standard InChI is InChI=1S/C14H29N3O/c1-14(2,12-16(3)4)11-15-10-13(18)17-8-6-5-7-9-17/h15H,5-12H2,1-4H3. The molecule has 0 aromatic rings. The molecule has 0 unspecified atom stereocenters. The highest BCUT2D eigenvalue weighted by molar-refractivity contribution is 5.78. The molecular formula is C14H29N3O. The molecule has 0 radical (unpaired) electrons. The number of hydrogen-bond donors (Lipinski definition) is 1. The number of nitrogens with zero attached hydrogens (tertiary/aromatic N) is 2. The lowest BCUT2D eigenvalue weighted by Gasteiger charge is -2.30. The zero-order valence-electron chi connectivity index (χ0n) is 12.5. The minimum Gasteiger partial charge on any atom is -0.342 e. The van der Waals surface area contributed by atoms with Gasteiger partial charge in [0.2, 0.25) is 5.91 Å². The van der Waals surface area contributed by atoms with Gasteiger partial charge >= 0.3 is 0 Å². The highest BCUT2D eigenvalue weighted by Gasteiger charge is 2.20. The molecule has 0 aromatic heterocycles. The molecule has 0 atom stereocenters. The van der Waals surface area contributed by atoms with E-state index in [1.165, 1.54) is 6.42 Å². The molecule has 1 heterocycles. The highest BCUT2D eigenvalue weighted by Crippen LogP contribution is 2.14. The summed E-state index contributed by atoms with van der Waals surface area (Å²) in [6.45, 7) is 8.74. The maximum absolute atomic E-state index is 12.0. The molecule has 1 rings (SSSR count). The van der Waals surface area contributed by atoms with Crippen molar-refractivity contribution >= 4 is 5.91 Å². The Bertz CT molecular complexity index is 258. The highest BCUT2D eigenvalue weighted by atomic mass is 16.2. The van der Waals surface area contributed by atoms with Crippen molar-refractivity contribution in [3.63, 3.8) is 0 Å². The third-order valence-corrected chi connectivity index (χ3v) is 3.33. The van der Waals surface area contributed by atoms with Crippen molar-refractivity contribution in [1.29, 1.82) is 0 Å². The van der Waals surface area contributed by atoms with Crippen LogP contribution in [0.25, 0.3) is 0 Å². The van der Waals surface area contributed by atoms with Crippen molar-refractivity contribution in [3.05, 3.63) is 0 Å². The maximum atomic E-state index is 12.0. The van der Waals surface area contributed by atoms with Gasteiger partial charge in [0.15, 0.2) is 0 Å². The first kappa shape index (κ1) is 15.4. The molecule has 1 N–H and O–H groups in total. The molecule has 0 bridgehead atoms. The van der Waals surface area contributed by atoms with E-state index in [-0.39, 0.29) is 11.3 Å². The Morgan fingerprint density at radius 2 is 1.83 bits per heavy atom. The fraction of sp³-hybridized carbons (Fsp3) is 0.929. The lowest BCUT2D eigenvalue weighted by molar-refractivity contribution is -0.131. The lowest BCUT2D eigenvalue weighted by Crippen LogP contribution is -2.44. The number of carbonyl (C=O) groups is 1. The van der Waals surface area contributed by atoms with Crippen molar-refractivity contribution in [3.8, 4) is 0 Å². The van der Waals surface area contributed by atoms with Crippen LogP contribution < -0.4 is 5.32 Å². The van der Waals surface area contributed by atoms with Crippen molar-refractivity contribution in [1.82, 2.24) is 15.1 Å². The number of piperidine rings is 1. The SMILES string of the molecule is CN(C)CC(C)(C)CNCC(=O)N1CCCCC1. The first-order valence-electron chi connectivity index (χ1n) is 7.04. The van der Waals surface area contributed by atoms with Crippen molar-refractivity contribution < 1.29 is 4.79 Å². The second kappa shape index (κ2) is 7.10. The Balaban J connectivity index is 2.21. The van der Waals surface area contributed by atoms with Gasteiger partial charge in [-0.2, -0.15) is 0 Å². The minimum absolute atomic E-state index is 0.200. The first-order chi connectivity index (χ1) is 8.41. The average Bonchev–Trinajstić information content (AvgIpc) is 2.28. The monoisotopic (exact) mass is 255 g/mol. The smallest absolute Gasteiger partial charge is 0.236 e. The van der Waals surface area contributed by atoms with Crippen LogP contribution in [-0.4, -0.2) is 62.5 Å². The average molecular weight is 255 g/mol. The minimum atomic E-state index is 0.200. The summed E-state index contributed by atoms with van der Waals surface area (Å²) in [5, 5.41) is 3.31. The summed E-state index contributed by atoms with van der Waals surface area (Å²) in [6, 6.07) is 0. The maximum Gasteiger partial charge on any atom is 0.236 e. The summed E-state index contributed by atoms with van der Waals surface area (Å²) < 4.78 is 0. The zero-order chi connectivity index (χ0) is 13.6. The Hall–Kier alpha value is -0.610. The number of likely N-dealkylation sites (tertiary alicyclic amines) is 1. The molecule has 1 amide bonds. The fourth-order valence-corrected chi connectivity index (χ4v) is 2.67. The summed E-state index contributed by atoms with van der Waals surface area (Å²) in [5.41, 5.74) is 0.200. The van der Waals surface area contributed by atoms with E-state index in [9.17, 15) is 4.79 Å². The van der Waals surface area contributed by atoms with Gasteiger partial charge in [0.05, 0.1) is 6.54 Å². The van der Waals surface area contributed by atoms with Gasteiger partial charge in [-0.25, -0.2) is 0 Å². The van der Waals surface area contributed by atoms with Gasteiger partial charge in [0.1, 0.15) is 0 Å². The molecule has 0 saturated carbocycles. The quantitative estimate of drug-likeness (QED) is 0.774. The van der Waals surface area contributed by atoms with Crippen molar-refractivity contribution in [2.24, 2.45) is 5.41 Å². The molecule has 1 aliphatic rings. The van der Waals surface area contributed by atoms with Crippen LogP contribution in [0.2, 0.25) is 0 Å². The predicted octanol–water partition coefficient (Wildman–Crippen LogP) is 1.18. The van der Waals surface area contributed by atoms with Gasteiger partial charge in [-0.15, -0.1) is 0 Å². The van der Waals surface area contributed by atoms with E-state index in [0.717, 1.165) is 39.0 Å². The lowest BCUT2D eigenvalue weighted by atomic mass is 9.93. The third kappa shape index (κ3) is 5.83. The number of nitrogens with one attached hydrogen (secondary N) is 1. The molecular weight excluding hydrogens is 226 g/mol. The molecule has 4 heteroatoms. The second-order valence-electron chi connectivity index (χ2n) is 6.45. The Labute approximate surface area is 112 Å². The summed E-state index contributed by atoms with van der Waals surface area (Å²) in [5.74, 6) is 0.260. The molecule has 0 aliphatic carbocycles. The second-order valence-corrected chi connectivity index (χ2v) is 6.45.